The van der Waals surface area contributed by atoms with Crippen LogP contribution in [0.5, 0.6) is 0 Å². The lowest BCUT2D eigenvalue weighted by molar-refractivity contribution is 0.669. The smallest absolute Gasteiger partial charge is 0.135 e. The zero-order chi connectivity index (χ0) is 14.4. The summed E-state index contributed by atoms with van der Waals surface area (Å²) in [5, 5.41) is 9.27. The molecule has 3 rings (SSSR count). The van der Waals surface area contributed by atoms with E-state index < -0.39 is 0 Å². The van der Waals surface area contributed by atoms with Crippen LogP contribution < -0.4 is 0 Å². The molecule has 102 valence electrons. The molecule has 2 aromatic carbocycles. The van der Waals surface area contributed by atoms with Gasteiger partial charge in [-0.2, -0.15) is 0 Å². The summed E-state index contributed by atoms with van der Waals surface area (Å²) in [4.78, 5) is 0. The van der Waals surface area contributed by atoms with Gasteiger partial charge in [0.2, 0.25) is 0 Å². The van der Waals surface area contributed by atoms with Gasteiger partial charge >= 0.3 is 0 Å². The topological polar surface area (TPSA) is 37.0 Å². The molecule has 3 aromatic rings. The average molecular weight is 265 g/mol. The Morgan fingerprint density at radius 2 is 1.75 bits per heavy atom. The minimum absolute atomic E-state index is 0.838. The van der Waals surface area contributed by atoms with E-state index in [1.807, 2.05) is 44.2 Å². The first-order valence-corrected chi connectivity index (χ1v) is 6.94. The molecule has 1 heterocycles. The number of rotatable bonds is 3. The lowest BCUT2D eigenvalue weighted by atomic mass is 10.1. The highest BCUT2D eigenvalue weighted by Crippen LogP contribution is 2.29. The van der Waals surface area contributed by atoms with Gasteiger partial charge < -0.3 is 9.83 Å². The number of nitrogens with one attached hydrogen (secondary N) is 1. The van der Waals surface area contributed by atoms with Gasteiger partial charge in [0.15, 0.2) is 0 Å². The summed E-state index contributed by atoms with van der Waals surface area (Å²) in [5.74, 6) is 0. The first-order valence-electron chi connectivity index (χ1n) is 6.94. The van der Waals surface area contributed by atoms with Crippen molar-refractivity contribution in [1.82, 2.24) is 0 Å². The van der Waals surface area contributed by atoms with Gasteiger partial charge in [0.25, 0.3) is 0 Å². The van der Waals surface area contributed by atoms with Crippen molar-refractivity contribution in [2.24, 2.45) is 0 Å². The molecule has 1 aromatic heterocycles. The van der Waals surface area contributed by atoms with Crippen molar-refractivity contribution in [2.45, 2.75) is 20.3 Å². The monoisotopic (exact) mass is 265 g/mol. The van der Waals surface area contributed by atoms with Gasteiger partial charge in [0.05, 0.1) is 0 Å². The van der Waals surface area contributed by atoms with Crippen molar-refractivity contribution in [3.8, 4) is 0 Å². The summed E-state index contributed by atoms with van der Waals surface area (Å²) in [7, 11) is 0. The van der Waals surface area contributed by atoms with Crippen molar-refractivity contribution in [3.63, 3.8) is 0 Å². The summed E-state index contributed by atoms with van der Waals surface area (Å²) in [6, 6.07) is 14.3. The highest BCUT2D eigenvalue weighted by atomic mass is 16.3. The fourth-order valence-electron chi connectivity index (χ4n) is 2.17. The van der Waals surface area contributed by atoms with E-state index in [9.17, 15) is 0 Å². The molecule has 20 heavy (non-hydrogen) atoms. The molecule has 0 radical (unpaired) electrons. The fraction of sp³-hybridized carbons (Fsp3) is 0.167. The Balaban J connectivity index is 0.000000704. The van der Waals surface area contributed by atoms with Crippen LogP contribution in [0.1, 0.15) is 19.4 Å². The Morgan fingerprint density at radius 3 is 2.55 bits per heavy atom. The van der Waals surface area contributed by atoms with E-state index in [1.54, 1.807) is 6.08 Å². The molecule has 0 fully saturated rings. The molecule has 0 atom stereocenters. The number of fused-ring (bicyclic) bond motifs is 3. The molecule has 0 saturated carbocycles. The largest absolute Gasteiger partial charge is 0.456 e. The Bertz CT molecular complexity index is 737. The van der Waals surface area contributed by atoms with Crippen molar-refractivity contribution < 1.29 is 4.42 Å². The van der Waals surface area contributed by atoms with E-state index in [0.717, 1.165) is 28.4 Å². The number of hydrogen-bond acceptors (Lipinski definition) is 2. The van der Waals surface area contributed by atoms with E-state index in [1.165, 1.54) is 11.8 Å². The summed E-state index contributed by atoms with van der Waals surface area (Å²) in [6.45, 7) is 4.00. The summed E-state index contributed by atoms with van der Waals surface area (Å²) >= 11 is 0. The van der Waals surface area contributed by atoms with Gasteiger partial charge in [-0.05, 0) is 36.3 Å². The number of hydrogen-bond donors (Lipinski definition) is 1. The number of para-hydroxylation sites is 1. The molecule has 0 aliphatic rings. The number of allylic oxidation sites excluding steroid dienone is 2. The second kappa shape index (κ2) is 6.71. The standard InChI is InChI=1S/C16H13NO.C2H6/c17-10-4-3-5-12-8-9-16-14(11-12)13-6-1-2-7-15(13)18-16;1-2/h1-4,6-11,17H,5H2;1-2H3/b4-3-,17-10?;. The van der Waals surface area contributed by atoms with Crippen LogP contribution in [0.15, 0.2) is 59.0 Å². The summed E-state index contributed by atoms with van der Waals surface area (Å²) < 4.78 is 5.78. The van der Waals surface area contributed by atoms with Crippen LogP contribution in [-0.2, 0) is 6.42 Å². The van der Waals surface area contributed by atoms with Crippen LogP contribution in [0.4, 0.5) is 0 Å². The van der Waals surface area contributed by atoms with Crippen molar-refractivity contribution in [3.05, 3.63) is 60.2 Å². The van der Waals surface area contributed by atoms with Crippen LogP contribution in [0, 0.1) is 5.41 Å². The first kappa shape index (κ1) is 14.1. The third kappa shape index (κ3) is 2.80. The van der Waals surface area contributed by atoms with Gasteiger partial charge in [0.1, 0.15) is 11.2 Å². The van der Waals surface area contributed by atoms with Gasteiger partial charge in [-0.15, -0.1) is 0 Å². The second-order valence-electron chi connectivity index (χ2n) is 4.23. The van der Waals surface area contributed by atoms with E-state index in [-0.39, 0.29) is 0 Å². The lowest BCUT2D eigenvalue weighted by Crippen LogP contribution is -1.80. The molecule has 2 nitrogen and oxygen atoms in total. The highest BCUT2D eigenvalue weighted by Gasteiger charge is 2.05. The fourth-order valence-corrected chi connectivity index (χ4v) is 2.17. The third-order valence-electron chi connectivity index (χ3n) is 3.03. The molecule has 1 N–H and O–H groups in total. The third-order valence-corrected chi connectivity index (χ3v) is 3.03. The Hall–Kier alpha value is -2.35. The molecule has 0 amide bonds. The molecular formula is C18H19NO. The maximum atomic E-state index is 6.96. The van der Waals surface area contributed by atoms with Crippen LogP contribution in [0.3, 0.4) is 0 Å². The predicted molar refractivity (Wildman–Crippen MR) is 86.7 cm³/mol. The Morgan fingerprint density at radius 1 is 1.00 bits per heavy atom. The van der Waals surface area contributed by atoms with Gasteiger partial charge in [-0.1, -0.05) is 44.2 Å². The molecule has 0 bridgehead atoms. The molecule has 0 spiro atoms. The maximum Gasteiger partial charge on any atom is 0.135 e. The average Bonchev–Trinajstić information content (AvgIpc) is 2.88. The van der Waals surface area contributed by atoms with E-state index in [0.29, 0.717) is 0 Å². The van der Waals surface area contributed by atoms with Gasteiger partial charge in [-0.25, -0.2) is 0 Å². The van der Waals surface area contributed by atoms with Crippen LogP contribution in [-0.4, -0.2) is 6.21 Å². The molecule has 0 unspecified atom stereocenters. The van der Waals surface area contributed by atoms with Crippen molar-refractivity contribution in [2.75, 3.05) is 0 Å². The minimum Gasteiger partial charge on any atom is -0.456 e. The first-order chi connectivity index (χ1) is 9.88. The predicted octanol–water partition coefficient (Wildman–Crippen LogP) is 5.36. The number of benzene rings is 2. The zero-order valence-electron chi connectivity index (χ0n) is 11.9. The SMILES string of the molecule is CC.N=C/C=C\Cc1ccc2oc3ccccc3c2c1. The zero-order valence-corrected chi connectivity index (χ0v) is 11.9. The van der Waals surface area contributed by atoms with E-state index in [2.05, 4.69) is 18.2 Å². The normalized spacial score (nSPS) is 10.7. The Kier molecular flexibility index (Phi) is 4.72. The van der Waals surface area contributed by atoms with Crippen LogP contribution >= 0.6 is 0 Å². The molecule has 0 saturated heterocycles. The number of furan rings is 1. The Labute approximate surface area is 119 Å². The van der Waals surface area contributed by atoms with E-state index >= 15 is 0 Å². The van der Waals surface area contributed by atoms with Crippen LogP contribution in [0.2, 0.25) is 0 Å². The molecular weight excluding hydrogens is 246 g/mol. The summed E-state index contributed by atoms with van der Waals surface area (Å²) in [6.07, 6.45) is 5.87. The quantitative estimate of drug-likeness (QED) is 0.636. The summed E-state index contributed by atoms with van der Waals surface area (Å²) in [5.41, 5.74) is 3.09. The second-order valence-corrected chi connectivity index (χ2v) is 4.23. The highest BCUT2D eigenvalue weighted by molar-refractivity contribution is 6.04. The van der Waals surface area contributed by atoms with Gasteiger partial charge in [0, 0.05) is 17.0 Å². The van der Waals surface area contributed by atoms with E-state index in [4.69, 9.17) is 9.83 Å². The minimum atomic E-state index is 0.838. The molecule has 0 aliphatic heterocycles. The van der Waals surface area contributed by atoms with Crippen molar-refractivity contribution >= 4 is 28.2 Å². The maximum absolute atomic E-state index is 6.96. The lowest BCUT2D eigenvalue weighted by Gasteiger charge is -1.96. The van der Waals surface area contributed by atoms with Crippen LogP contribution in [0.25, 0.3) is 21.9 Å². The molecule has 2 heteroatoms. The van der Waals surface area contributed by atoms with Crippen molar-refractivity contribution in [1.29, 1.82) is 5.41 Å². The van der Waals surface area contributed by atoms with Gasteiger partial charge in [-0.3, -0.25) is 0 Å². The molecule has 0 aliphatic carbocycles.